The maximum Gasteiger partial charge on any atom is 0.228 e. The number of fused-ring (bicyclic) bond motifs is 1. The van der Waals surface area contributed by atoms with E-state index < -0.39 is 0 Å². The van der Waals surface area contributed by atoms with Crippen LogP contribution in [0.25, 0.3) is 0 Å². The molecule has 2 rings (SSSR count). The molecular weight excluding hydrogens is 199 g/mol. The van der Waals surface area contributed by atoms with Gasteiger partial charge in [0.05, 0.1) is 23.3 Å². The Morgan fingerprint density at radius 2 is 2.25 bits per heavy atom. The maximum absolute atomic E-state index is 10.9. The molecule has 0 bridgehead atoms. The predicted octanol–water partition coefficient (Wildman–Crippen LogP) is 1.88. The van der Waals surface area contributed by atoms with E-state index in [2.05, 4.69) is 10.3 Å². The summed E-state index contributed by atoms with van der Waals surface area (Å²) in [4.78, 5) is 14.7. The van der Waals surface area contributed by atoms with Crippen molar-refractivity contribution < 1.29 is 4.79 Å². The number of hydrogen-bond acceptors (Lipinski definition) is 2. The topological polar surface area (TPSA) is 42.0 Å². The molecule has 0 saturated heterocycles. The van der Waals surface area contributed by atoms with Crippen LogP contribution in [-0.2, 0) is 11.2 Å². The highest BCUT2D eigenvalue weighted by molar-refractivity contribution is 6.42. The fourth-order valence-electron chi connectivity index (χ4n) is 1.13. The fraction of sp³-hybridized carbons (Fsp3) is 0.143. The van der Waals surface area contributed by atoms with Crippen molar-refractivity contribution in [2.24, 2.45) is 0 Å². The van der Waals surface area contributed by atoms with Crippen molar-refractivity contribution in [3.05, 3.63) is 21.9 Å². The molecule has 1 aromatic heterocycles. The van der Waals surface area contributed by atoms with Gasteiger partial charge in [-0.3, -0.25) is 4.79 Å². The molecule has 0 atom stereocenters. The zero-order valence-corrected chi connectivity index (χ0v) is 7.41. The molecule has 0 radical (unpaired) electrons. The number of nitrogens with one attached hydrogen (secondary N) is 1. The molecule has 1 aliphatic heterocycles. The smallest absolute Gasteiger partial charge is 0.228 e. The molecule has 1 N–H and O–H groups in total. The number of hydrogen-bond donors (Lipinski definition) is 1. The number of pyridine rings is 1. The Morgan fingerprint density at radius 3 is 3.00 bits per heavy atom. The lowest BCUT2D eigenvalue weighted by Gasteiger charge is -2.00. The molecule has 0 fully saturated rings. The molecule has 0 aromatic carbocycles. The Labute approximate surface area is 78.7 Å². The van der Waals surface area contributed by atoms with Crippen molar-refractivity contribution in [3.63, 3.8) is 0 Å². The van der Waals surface area contributed by atoms with E-state index in [0.717, 1.165) is 5.56 Å². The van der Waals surface area contributed by atoms with Gasteiger partial charge in [-0.25, -0.2) is 4.98 Å². The van der Waals surface area contributed by atoms with Gasteiger partial charge in [-0.2, -0.15) is 0 Å². The Kier molecular flexibility index (Phi) is 1.70. The third-order valence-electron chi connectivity index (χ3n) is 1.69. The zero-order chi connectivity index (χ0) is 8.72. The number of nitrogens with zero attached hydrogens (tertiary/aromatic N) is 1. The number of halogens is 2. The normalized spacial score (nSPS) is 14.3. The third-order valence-corrected chi connectivity index (χ3v) is 2.48. The average Bonchev–Trinajstić information content (AvgIpc) is 2.39. The van der Waals surface area contributed by atoms with Crippen LogP contribution in [0.1, 0.15) is 5.56 Å². The number of rotatable bonds is 0. The van der Waals surface area contributed by atoms with Gasteiger partial charge in [0.25, 0.3) is 0 Å². The monoisotopic (exact) mass is 202 g/mol. The van der Waals surface area contributed by atoms with Gasteiger partial charge < -0.3 is 5.32 Å². The van der Waals surface area contributed by atoms with Crippen LogP contribution in [0.4, 0.5) is 5.69 Å². The quantitative estimate of drug-likeness (QED) is 0.654. The first-order valence-corrected chi connectivity index (χ1v) is 4.07. The second kappa shape index (κ2) is 2.61. The molecule has 1 aromatic rings. The van der Waals surface area contributed by atoms with Crippen LogP contribution in [0.3, 0.4) is 0 Å². The average molecular weight is 203 g/mol. The lowest BCUT2D eigenvalue weighted by Crippen LogP contribution is -2.03. The standard InChI is InChI=1S/C7H4Cl2N2O/c8-6-3-1-5(12)11-4(3)2-10-7(6)9/h2H,1H2,(H,11,12). The van der Waals surface area contributed by atoms with E-state index in [9.17, 15) is 4.79 Å². The van der Waals surface area contributed by atoms with Crippen LogP contribution in [0.2, 0.25) is 10.2 Å². The fourth-order valence-corrected chi connectivity index (χ4v) is 1.51. The summed E-state index contributed by atoms with van der Waals surface area (Å²) in [5.41, 5.74) is 1.40. The lowest BCUT2D eigenvalue weighted by atomic mass is 10.2. The van der Waals surface area contributed by atoms with E-state index in [0.29, 0.717) is 10.7 Å². The Balaban J connectivity index is 2.61. The van der Waals surface area contributed by atoms with E-state index in [-0.39, 0.29) is 17.5 Å². The van der Waals surface area contributed by atoms with E-state index >= 15 is 0 Å². The van der Waals surface area contributed by atoms with E-state index in [1.807, 2.05) is 0 Å². The van der Waals surface area contributed by atoms with Gasteiger partial charge in [0.2, 0.25) is 5.91 Å². The largest absolute Gasteiger partial charge is 0.324 e. The SMILES string of the molecule is O=C1Cc2c(cnc(Cl)c2Cl)N1. The molecule has 1 amide bonds. The molecule has 2 heterocycles. The summed E-state index contributed by atoms with van der Waals surface area (Å²) in [5, 5.41) is 3.23. The number of anilines is 1. The number of carbonyl (C=O) groups is 1. The Hall–Kier alpha value is -0.800. The highest BCUT2D eigenvalue weighted by Gasteiger charge is 2.22. The van der Waals surface area contributed by atoms with Crippen LogP contribution in [0.15, 0.2) is 6.20 Å². The molecule has 62 valence electrons. The highest BCUT2D eigenvalue weighted by atomic mass is 35.5. The van der Waals surface area contributed by atoms with E-state index in [1.54, 1.807) is 0 Å². The summed E-state index contributed by atoms with van der Waals surface area (Å²) in [6.45, 7) is 0. The van der Waals surface area contributed by atoms with Gasteiger partial charge in [-0.1, -0.05) is 23.2 Å². The summed E-state index contributed by atoms with van der Waals surface area (Å²) in [6.07, 6.45) is 1.80. The van der Waals surface area contributed by atoms with Crippen LogP contribution in [0, 0.1) is 0 Å². The minimum atomic E-state index is -0.0732. The summed E-state index contributed by atoms with van der Waals surface area (Å²) in [7, 11) is 0. The van der Waals surface area contributed by atoms with Crippen molar-refractivity contribution in [2.75, 3.05) is 5.32 Å². The molecule has 5 heteroatoms. The molecule has 1 aliphatic rings. The maximum atomic E-state index is 10.9. The molecule has 12 heavy (non-hydrogen) atoms. The first-order valence-electron chi connectivity index (χ1n) is 3.31. The van der Waals surface area contributed by atoms with Crippen LogP contribution >= 0.6 is 23.2 Å². The van der Waals surface area contributed by atoms with Crippen molar-refractivity contribution in [1.29, 1.82) is 0 Å². The number of amides is 1. The summed E-state index contributed by atoms with van der Waals surface area (Å²) < 4.78 is 0. The zero-order valence-electron chi connectivity index (χ0n) is 5.90. The molecule has 3 nitrogen and oxygen atoms in total. The Bertz CT molecular complexity index is 365. The first-order chi connectivity index (χ1) is 5.68. The van der Waals surface area contributed by atoms with Gasteiger partial charge in [0.15, 0.2) is 0 Å². The Morgan fingerprint density at radius 1 is 1.50 bits per heavy atom. The van der Waals surface area contributed by atoms with E-state index in [4.69, 9.17) is 23.2 Å². The minimum Gasteiger partial charge on any atom is -0.324 e. The minimum absolute atomic E-state index is 0.0732. The van der Waals surface area contributed by atoms with Gasteiger partial charge >= 0.3 is 0 Å². The van der Waals surface area contributed by atoms with Crippen LogP contribution in [-0.4, -0.2) is 10.9 Å². The molecule has 0 spiro atoms. The molecule has 0 saturated carbocycles. The van der Waals surface area contributed by atoms with Gasteiger partial charge in [-0.05, 0) is 0 Å². The lowest BCUT2D eigenvalue weighted by molar-refractivity contribution is -0.115. The van der Waals surface area contributed by atoms with Crippen LogP contribution < -0.4 is 5.32 Å². The van der Waals surface area contributed by atoms with Crippen molar-refractivity contribution >= 4 is 34.8 Å². The first kappa shape index (κ1) is 7.83. The van der Waals surface area contributed by atoms with Gasteiger partial charge in [0.1, 0.15) is 5.15 Å². The third kappa shape index (κ3) is 1.06. The summed E-state index contributed by atoms with van der Waals surface area (Å²) in [6, 6.07) is 0. The second-order valence-electron chi connectivity index (χ2n) is 2.48. The summed E-state index contributed by atoms with van der Waals surface area (Å²) in [5.74, 6) is -0.0732. The molecule has 0 unspecified atom stereocenters. The number of aromatic nitrogens is 1. The second-order valence-corrected chi connectivity index (χ2v) is 3.22. The molecular formula is C7H4Cl2N2O. The van der Waals surface area contributed by atoms with Gasteiger partial charge in [0, 0.05) is 5.56 Å². The van der Waals surface area contributed by atoms with Crippen molar-refractivity contribution in [3.8, 4) is 0 Å². The number of carbonyl (C=O) groups excluding carboxylic acids is 1. The highest BCUT2D eigenvalue weighted by Crippen LogP contribution is 2.32. The van der Waals surface area contributed by atoms with Gasteiger partial charge in [-0.15, -0.1) is 0 Å². The molecule has 0 aliphatic carbocycles. The van der Waals surface area contributed by atoms with Crippen molar-refractivity contribution in [1.82, 2.24) is 4.98 Å². The van der Waals surface area contributed by atoms with Crippen LogP contribution in [0.5, 0.6) is 0 Å². The summed E-state index contributed by atoms with van der Waals surface area (Å²) >= 11 is 11.5. The predicted molar refractivity (Wildman–Crippen MR) is 46.6 cm³/mol. The van der Waals surface area contributed by atoms with E-state index in [1.165, 1.54) is 6.20 Å². The van der Waals surface area contributed by atoms with Crippen molar-refractivity contribution in [2.45, 2.75) is 6.42 Å².